The van der Waals surface area contributed by atoms with Crippen molar-refractivity contribution in [1.29, 1.82) is 0 Å². The molecule has 2 rings (SSSR count). The second-order valence-corrected chi connectivity index (χ2v) is 5.93. The predicted molar refractivity (Wildman–Crippen MR) is 78.7 cm³/mol. The van der Waals surface area contributed by atoms with E-state index < -0.39 is 10.0 Å². The summed E-state index contributed by atoms with van der Waals surface area (Å²) in [5.74, 6) is 5.74. The zero-order valence-electron chi connectivity index (χ0n) is 10.9. The van der Waals surface area contributed by atoms with Gasteiger partial charge < -0.3 is 10.2 Å². The Morgan fingerprint density at radius 2 is 2.05 bits per heavy atom. The van der Waals surface area contributed by atoms with Crippen LogP contribution in [-0.2, 0) is 10.0 Å². The third kappa shape index (κ3) is 3.51. The Hall–Kier alpha value is -2.10. The van der Waals surface area contributed by atoms with Crippen LogP contribution in [0.5, 0.6) is 5.88 Å². The van der Waals surface area contributed by atoms with Crippen LogP contribution >= 0.6 is 11.6 Å². The molecule has 8 nitrogen and oxygen atoms in total. The van der Waals surface area contributed by atoms with Gasteiger partial charge in [0.05, 0.1) is 24.0 Å². The lowest BCUT2D eigenvalue weighted by Gasteiger charge is -2.09. The SMILES string of the molecule is COc1ccc(NS(=O)(=O)c2cnc(NN)c(Cl)c2)cn1. The lowest BCUT2D eigenvalue weighted by Crippen LogP contribution is -2.15. The largest absolute Gasteiger partial charge is 0.481 e. The van der Waals surface area contributed by atoms with Crippen molar-refractivity contribution in [2.24, 2.45) is 5.84 Å². The zero-order chi connectivity index (χ0) is 15.5. The monoisotopic (exact) mass is 329 g/mol. The summed E-state index contributed by atoms with van der Waals surface area (Å²) in [6.45, 7) is 0. The number of pyridine rings is 2. The topological polar surface area (TPSA) is 119 Å². The highest BCUT2D eigenvalue weighted by atomic mass is 35.5. The van der Waals surface area contributed by atoms with E-state index in [2.05, 4.69) is 20.1 Å². The number of halogens is 1. The van der Waals surface area contributed by atoms with Gasteiger partial charge in [-0.05, 0) is 12.1 Å². The van der Waals surface area contributed by atoms with Crippen LogP contribution in [0.3, 0.4) is 0 Å². The van der Waals surface area contributed by atoms with Gasteiger partial charge in [-0.1, -0.05) is 11.6 Å². The average Bonchev–Trinajstić information content (AvgIpc) is 2.47. The summed E-state index contributed by atoms with van der Waals surface area (Å²) in [6.07, 6.45) is 2.47. The molecule has 0 aromatic carbocycles. The molecule has 0 fully saturated rings. The van der Waals surface area contributed by atoms with E-state index >= 15 is 0 Å². The first-order valence-corrected chi connectivity index (χ1v) is 7.47. The Morgan fingerprint density at radius 3 is 2.57 bits per heavy atom. The highest BCUT2D eigenvalue weighted by Crippen LogP contribution is 2.23. The molecule has 0 aliphatic carbocycles. The number of ether oxygens (including phenoxy) is 1. The van der Waals surface area contributed by atoms with Crippen molar-refractivity contribution in [3.63, 3.8) is 0 Å². The van der Waals surface area contributed by atoms with Crippen LogP contribution in [0.1, 0.15) is 0 Å². The third-order valence-electron chi connectivity index (χ3n) is 2.46. The summed E-state index contributed by atoms with van der Waals surface area (Å²) < 4.78 is 31.6. The molecule has 0 radical (unpaired) electrons. The van der Waals surface area contributed by atoms with Crippen LogP contribution < -0.4 is 20.7 Å². The molecule has 0 bridgehead atoms. The van der Waals surface area contributed by atoms with E-state index in [4.69, 9.17) is 22.2 Å². The molecule has 2 heterocycles. The van der Waals surface area contributed by atoms with Crippen molar-refractivity contribution in [3.05, 3.63) is 35.6 Å². The highest BCUT2D eigenvalue weighted by molar-refractivity contribution is 7.92. The number of nitrogens with two attached hydrogens (primary N) is 1. The van der Waals surface area contributed by atoms with Crippen molar-refractivity contribution in [1.82, 2.24) is 9.97 Å². The van der Waals surface area contributed by atoms with Crippen LogP contribution in [0, 0.1) is 0 Å². The predicted octanol–water partition coefficient (Wildman–Crippen LogP) is 1.22. The molecule has 0 spiro atoms. The van der Waals surface area contributed by atoms with Gasteiger partial charge in [0.25, 0.3) is 10.0 Å². The van der Waals surface area contributed by atoms with Crippen LogP contribution in [0.15, 0.2) is 35.5 Å². The molecule has 2 aromatic heterocycles. The summed E-state index contributed by atoms with van der Waals surface area (Å²) >= 11 is 5.85. The number of nitrogen functional groups attached to an aromatic ring is 1. The molecular weight excluding hydrogens is 318 g/mol. The van der Waals surface area contributed by atoms with Crippen molar-refractivity contribution >= 4 is 33.1 Å². The number of nitrogens with one attached hydrogen (secondary N) is 2. The number of hydrazine groups is 1. The number of rotatable bonds is 5. The molecule has 0 aliphatic rings. The number of hydrogen-bond donors (Lipinski definition) is 3. The van der Waals surface area contributed by atoms with E-state index in [1.54, 1.807) is 0 Å². The normalized spacial score (nSPS) is 11.0. The molecule has 21 heavy (non-hydrogen) atoms. The van der Waals surface area contributed by atoms with E-state index in [1.807, 2.05) is 0 Å². The van der Waals surface area contributed by atoms with E-state index in [9.17, 15) is 8.42 Å². The maximum absolute atomic E-state index is 12.2. The number of hydrogen-bond acceptors (Lipinski definition) is 7. The Labute approximate surface area is 126 Å². The molecule has 112 valence electrons. The zero-order valence-corrected chi connectivity index (χ0v) is 12.4. The summed E-state index contributed by atoms with van der Waals surface area (Å²) in [4.78, 5) is 7.62. The first kappa shape index (κ1) is 15.3. The molecule has 0 saturated heterocycles. The molecule has 0 unspecified atom stereocenters. The maximum Gasteiger partial charge on any atom is 0.263 e. The molecule has 4 N–H and O–H groups in total. The van der Waals surface area contributed by atoms with Gasteiger partial charge in [0.15, 0.2) is 5.82 Å². The van der Waals surface area contributed by atoms with E-state index in [1.165, 1.54) is 31.5 Å². The summed E-state index contributed by atoms with van der Waals surface area (Å²) in [5.41, 5.74) is 2.54. The molecule has 2 aromatic rings. The average molecular weight is 330 g/mol. The van der Waals surface area contributed by atoms with E-state index in [0.29, 0.717) is 5.88 Å². The maximum atomic E-state index is 12.2. The van der Waals surface area contributed by atoms with Gasteiger partial charge >= 0.3 is 0 Å². The number of nitrogens with zero attached hydrogens (tertiary/aromatic N) is 2. The number of aromatic nitrogens is 2. The Kier molecular flexibility index (Phi) is 4.46. The molecular formula is C11H12ClN5O3S. The minimum atomic E-state index is -3.83. The van der Waals surface area contributed by atoms with Gasteiger partial charge in [-0.25, -0.2) is 24.2 Å². The fraction of sp³-hybridized carbons (Fsp3) is 0.0909. The minimum Gasteiger partial charge on any atom is -0.481 e. The molecule has 10 heteroatoms. The van der Waals surface area contributed by atoms with Gasteiger partial charge in [0, 0.05) is 12.3 Å². The lowest BCUT2D eigenvalue weighted by molar-refractivity contribution is 0.398. The van der Waals surface area contributed by atoms with E-state index in [-0.39, 0.29) is 21.4 Å². The first-order valence-electron chi connectivity index (χ1n) is 5.61. The van der Waals surface area contributed by atoms with E-state index in [0.717, 1.165) is 6.20 Å². The quantitative estimate of drug-likeness (QED) is 0.557. The Morgan fingerprint density at radius 1 is 1.29 bits per heavy atom. The number of sulfonamides is 1. The van der Waals surface area contributed by atoms with Gasteiger partial charge in [-0.2, -0.15) is 0 Å². The van der Waals surface area contributed by atoms with Gasteiger partial charge in [-0.3, -0.25) is 4.72 Å². The first-order chi connectivity index (χ1) is 9.96. The highest BCUT2D eigenvalue weighted by Gasteiger charge is 2.17. The van der Waals surface area contributed by atoms with Crippen LogP contribution in [-0.4, -0.2) is 25.5 Å². The molecule has 0 atom stereocenters. The summed E-state index contributed by atoms with van der Waals surface area (Å²) in [6, 6.07) is 4.29. The molecule has 0 aliphatic heterocycles. The van der Waals surface area contributed by atoms with Crippen LogP contribution in [0.4, 0.5) is 11.5 Å². The van der Waals surface area contributed by atoms with Crippen molar-refractivity contribution in [3.8, 4) is 5.88 Å². The fourth-order valence-electron chi connectivity index (χ4n) is 1.45. The van der Waals surface area contributed by atoms with Crippen molar-refractivity contribution < 1.29 is 13.2 Å². The number of methoxy groups -OCH3 is 1. The summed E-state index contributed by atoms with van der Waals surface area (Å²) in [7, 11) is -2.36. The lowest BCUT2D eigenvalue weighted by atomic mass is 10.4. The van der Waals surface area contributed by atoms with Crippen molar-refractivity contribution in [2.75, 3.05) is 17.3 Å². The molecule has 0 saturated carbocycles. The Bertz CT molecular complexity index is 736. The van der Waals surface area contributed by atoms with Gasteiger partial charge in [0.2, 0.25) is 5.88 Å². The van der Waals surface area contributed by atoms with Crippen LogP contribution in [0.2, 0.25) is 5.02 Å². The second kappa shape index (κ2) is 6.12. The fourth-order valence-corrected chi connectivity index (χ4v) is 2.75. The minimum absolute atomic E-state index is 0.0910. The smallest absolute Gasteiger partial charge is 0.263 e. The molecule has 0 amide bonds. The van der Waals surface area contributed by atoms with Gasteiger partial charge in [-0.15, -0.1) is 0 Å². The third-order valence-corrected chi connectivity index (χ3v) is 4.10. The van der Waals surface area contributed by atoms with Crippen molar-refractivity contribution in [2.45, 2.75) is 4.90 Å². The Balaban J connectivity index is 2.26. The summed E-state index contributed by atoms with van der Waals surface area (Å²) in [5, 5.41) is 0.0910. The number of anilines is 2. The van der Waals surface area contributed by atoms with Crippen LogP contribution in [0.25, 0.3) is 0 Å². The second-order valence-electron chi connectivity index (χ2n) is 3.84. The standard InChI is InChI=1S/C11H12ClN5O3S/c1-20-10-3-2-7(5-14-10)17-21(18,19)8-4-9(12)11(16-13)15-6-8/h2-6,17H,13H2,1H3,(H,15,16). The van der Waals surface area contributed by atoms with Gasteiger partial charge in [0.1, 0.15) is 4.90 Å².